The van der Waals surface area contributed by atoms with Gasteiger partial charge in [0.15, 0.2) is 0 Å². The van der Waals surface area contributed by atoms with Crippen molar-refractivity contribution in [1.29, 1.82) is 5.26 Å². The standard InChI is InChI=1S/C17H6BrF10N/c18-12-6-10(15(20,21)22)5-11(14(19,16(23,24)25)17(26,27)28)13(12)9-3-1-8(7-29)2-4-9/h1-6H. The number of hydrogen-bond acceptors (Lipinski definition) is 1. The Morgan fingerprint density at radius 2 is 1.24 bits per heavy atom. The van der Waals surface area contributed by atoms with Crippen molar-refractivity contribution in [2.24, 2.45) is 0 Å². The Bertz CT molecular complexity index is 935. The lowest BCUT2D eigenvalue weighted by Crippen LogP contribution is -2.50. The summed E-state index contributed by atoms with van der Waals surface area (Å²) in [5.41, 5.74) is -11.9. The van der Waals surface area contributed by atoms with Crippen LogP contribution in [-0.2, 0) is 11.8 Å². The van der Waals surface area contributed by atoms with Crippen molar-refractivity contribution < 1.29 is 43.9 Å². The fraction of sp³-hybridized carbons (Fsp3) is 0.235. The van der Waals surface area contributed by atoms with Gasteiger partial charge in [-0.2, -0.15) is 44.8 Å². The molecule has 2 aromatic carbocycles. The predicted molar refractivity (Wildman–Crippen MR) is 84.2 cm³/mol. The summed E-state index contributed by atoms with van der Waals surface area (Å²) >= 11 is 2.52. The molecule has 0 amide bonds. The molecule has 0 heterocycles. The Morgan fingerprint density at radius 1 is 0.759 bits per heavy atom. The Balaban J connectivity index is 3.00. The van der Waals surface area contributed by atoms with Crippen molar-refractivity contribution in [3.8, 4) is 17.2 Å². The van der Waals surface area contributed by atoms with E-state index in [1.807, 2.05) is 0 Å². The number of nitriles is 1. The van der Waals surface area contributed by atoms with Gasteiger partial charge in [0.2, 0.25) is 0 Å². The van der Waals surface area contributed by atoms with Gasteiger partial charge in [-0.3, -0.25) is 0 Å². The largest absolute Gasteiger partial charge is 0.435 e. The molecule has 0 spiro atoms. The molecule has 0 radical (unpaired) electrons. The van der Waals surface area contributed by atoms with E-state index in [0.29, 0.717) is 0 Å². The minimum Gasteiger partial charge on any atom is -0.218 e. The zero-order valence-electron chi connectivity index (χ0n) is 13.6. The molecule has 1 nitrogen and oxygen atoms in total. The summed E-state index contributed by atoms with van der Waals surface area (Å²) in [6.45, 7) is 0. The molecule has 0 fully saturated rings. The maximum absolute atomic E-state index is 14.7. The van der Waals surface area contributed by atoms with Crippen LogP contribution in [0.15, 0.2) is 40.9 Å². The average molecular weight is 494 g/mol. The molecule has 0 bridgehead atoms. The highest BCUT2D eigenvalue weighted by Gasteiger charge is 2.74. The second kappa shape index (κ2) is 7.19. The first kappa shape index (κ1) is 23.0. The monoisotopic (exact) mass is 493 g/mol. The minimum atomic E-state index is -6.61. The SMILES string of the molecule is N#Cc1ccc(-c2c(Br)cc(C(F)(F)F)cc2C(F)(C(F)(F)F)C(F)(F)F)cc1. The maximum atomic E-state index is 14.7. The van der Waals surface area contributed by atoms with Crippen molar-refractivity contribution in [2.75, 3.05) is 0 Å². The van der Waals surface area contributed by atoms with Crippen LogP contribution in [0, 0.1) is 11.3 Å². The molecule has 0 saturated carbocycles. The van der Waals surface area contributed by atoms with Gasteiger partial charge in [-0.1, -0.05) is 28.1 Å². The topological polar surface area (TPSA) is 23.8 Å². The summed E-state index contributed by atoms with van der Waals surface area (Å²) in [5.74, 6) is 0. The molecular formula is C17H6BrF10N. The summed E-state index contributed by atoms with van der Waals surface area (Å²) in [6.07, 6.45) is -18.6. The van der Waals surface area contributed by atoms with Crippen molar-refractivity contribution in [3.63, 3.8) is 0 Å². The molecular weight excluding hydrogens is 488 g/mol. The number of benzene rings is 2. The number of hydrogen-bond donors (Lipinski definition) is 0. The van der Waals surface area contributed by atoms with Crippen molar-refractivity contribution in [2.45, 2.75) is 24.2 Å². The van der Waals surface area contributed by atoms with E-state index in [2.05, 4.69) is 15.9 Å². The number of nitrogens with zero attached hydrogens (tertiary/aromatic N) is 1. The summed E-state index contributed by atoms with van der Waals surface area (Å²) < 4.78 is 132. The molecule has 12 heteroatoms. The first-order valence-corrected chi connectivity index (χ1v) is 8.07. The molecule has 0 unspecified atom stereocenters. The summed E-state index contributed by atoms with van der Waals surface area (Å²) in [4.78, 5) is 0. The van der Waals surface area contributed by atoms with E-state index in [1.54, 1.807) is 6.07 Å². The van der Waals surface area contributed by atoms with Crippen LogP contribution in [-0.4, -0.2) is 12.4 Å². The van der Waals surface area contributed by atoms with Crippen LogP contribution in [0.4, 0.5) is 43.9 Å². The Morgan fingerprint density at radius 3 is 1.62 bits per heavy atom. The molecule has 0 aliphatic heterocycles. The zero-order valence-corrected chi connectivity index (χ0v) is 15.2. The highest BCUT2D eigenvalue weighted by atomic mass is 79.9. The predicted octanol–water partition coefficient (Wildman–Crippen LogP) is 7.30. The van der Waals surface area contributed by atoms with E-state index < -0.39 is 57.0 Å². The van der Waals surface area contributed by atoms with Crippen molar-refractivity contribution in [3.05, 3.63) is 57.6 Å². The quantitative estimate of drug-likeness (QED) is 0.403. The van der Waals surface area contributed by atoms with E-state index >= 15 is 0 Å². The van der Waals surface area contributed by atoms with Gasteiger partial charge >= 0.3 is 24.2 Å². The van der Waals surface area contributed by atoms with E-state index in [4.69, 9.17) is 5.26 Å². The third-order valence-corrected chi connectivity index (χ3v) is 4.50. The average Bonchev–Trinajstić information content (AvgIpc) is 2.57. The maximum Gasteiger partial charge on any atom is 0.435 e. The zero-order chi connectivity index (χ0) is 22.4. The molecule has 0 aliphatic rings. The van der Waals surface area contributed by atoms with Crippen molar-refractivity contribution >= 4 is 15.9 Å². The first-order chi connectivity index (χ1) is 13.0. The molecule has 0 saturated heterocycles. The lowest BCUT2D eigenvalue weighted by molar-refractivity contribution is -0.348. The van der Waals surface area contributed by atoms with Crippen LogP contribution in [0.25, 0.3) is 11.1 Å². The van der Waals surface area contributed by atoms with Gasteiger partial charge in [-0.05, 0) is 29.8 Å². The first-order valence-electron chi connectivity index (χ1n) is 7.28. The summed E-state index contributed by atoms with van der Waals surface area (Å²) in [6, 6.07) is 5.17. The van der Waals surface area contributed by atoms with Crippen LogP contribution in [0.5, 0.6) is 0 Å². The lowest BCUT2D eigenvalue weighted by Gasteiger charge is -2.33. The van der Waals surface area contributed by atoms with Crippen LogP contribution >= 0.6 is 15.9 Å². The third-order valence-electron chi connectivity index (χ3n) is 3.87. The number of rotatable bonds is 2. The van der Waals surface area contributed by atoms with Gasteiger partial charge in [-0.25, -0.2) is 4.39 Å². The number of alkyl halides is 10. The van der Waals surface area contributed by atoms with E-state index in [0.717, 1.165) is 24.3 Å². The normalized spacial score (nSPS) is 13.3. The van der Waals surface area contributed by atoms with Gasteiger partial charge in [-0.15, -0.1) is 0 Å². The van der Waals surface area contributed by atoms with E-state index in [9.17, 15) is 43.9 Å². The molecule has 2 rings (SSSR count). The smallest absolute Gasteiger partial charge is 0.218 e. The second-order valence-corrected chi connectivity index (χ2v) is 6.58. The summed E-state index contributed by atoms with van der Waals surface area (Å²) in [5, 5.41) is 8.73. The van der Waals surface area contributed by atoms with E-state index in [1.165, 1.54) is 0 Å². The number of halogens is 11. The van der Waals surface area contributed by atoms with E-state index in [-0.39, 0.29) is 11.6 Å². The van der Waals surface area contributed by atoms with Gasteiger partial charge in [0.1, 0.15) is 0 Å². The lowest BCUT2D eigenvalue weighted by atomic mass is 9.85. The van der Waals surface area contributed by atoms with Crippen molar-refractivity contribution in [1.82, 2.24) is 0 Å². The fourth-order valence-electron chi connectivity index (χ4n) is 2.51. The Labute approximate surface area is 164 Å². The van der Waals surface area contributed by atoms with Crippen LogP contribution in [0.2, 0.25) is 0 Å². The molecule has 0 N–H and O–H groups in total. The molecule has 0 aromatic heterocycles. The van der Waals surface area contributed by atoms with Crippen LogP contribution < -0.4 is 0 Å². The van der Waals surface area contributed by atoms with Crippen LogP contribution in [0.3, 0.4) is 0 Å². The van der Waals surface area contributed by atoms with Gasteiger partial charge in [0.25, 0.3) is 0 Å². The molecule has 0 aliphatic carbocycles. The second-order valence-electron chi connectivity index (χ2n) is 5.72. The minimum absolute atomic E-state index is 0.0310. The van der Waals surface area contributed by atoms with Crippen LogP contribution in [0.1, 0.15) is 16.7 Å². The molecule has 2 aromatic rings. The van der Waals surface area contributed by atoms with Gasteiger partial charge < -0.3 is 0 Å². The Hall–Kier alpha value is -2.29. The molecule has 0 atom stereocenters. The highest BCUT2D eigenvalue weighted by Crippen LogP contribution is 2.57. The fourth-order valence-corrected chi connectivity index (χ4v) is 3.20. The third kappa shape index (κ3) is 4.05. The van der Waals surface area contributed by atoms with Gasteiger partial charge in [0.05, 0.1) is 17.2 Å². The highest BCUT2D eigenvalue weighted by molar-refractivity contribution is 9.10. The molecule has 29 heavy (non-hydrogen) atoms. The molecule has 156 valence electrons. The Kier molecular flexibility index (Phi) is 5.70. The van der Waals surface area contributed by atoms with Gasteiger partial charge in [0, 0.05) is 15.6 Å². The summed E-state index contributed by atoms with van der Waals surface area (Å²) in [7, 11) is 0.